The Hall–Kier alpha value is -0.900. The van der Waals surface area contributed by atoms with Gasteiger partial charge < -0.3 is 9.88 Å². The third-order valence-electron chi connectivity index (χ3n) is 3.30. The molecule has 0 fully saturated rings. The second-order valence-electron chi connectivity index (χ2n) is 4.47. The van der Waals surface area contributed by atoms with Gasteiger partial charge in [0, 0.05) is 13.0 Å². The molecule has 4 heteroatoms. The van der Waals surface area contributed by atoms with E-state index in [9.17, 15) is 0 Å². The maximum atomic E-state index is 4.32. The molecule has 0 bridgehead atoms. The van der Waals surface area contributed by atoms with Crippen LogP contribution >= 0.6 is 0 Å². The number of nitrogens with one attached hydrogen (secondary N) is 1. The molecule has 0 radical (unpaired) electrons. The topological polar surface area (TPSA) is 42.7 Å². The van der Waals surface area contributed by atoms with Crippen molar-refractivity contribution < 1.29 is 0 Å². The van der Waals surface area contributed by atoms with Gasteiger partial charge >= 0.3 is 0 Å². The summed E-state index contributed by atoms with van der Waals surface area (Å²) in [5, 5.41) is 11.9. The van der Waals surface area contributed by atoms with Crippen molar-refractivity contribution in [3.63, 3.8) is 0 Å². The smallest absolute Gasteiger partial charge is 0.150 e. The molecule has 0 saturated heterocycles. The second kappa shape index (κ2) is 4.31. The molecule has 1 aliphatic heterocycles. The Bertz CT molecular complexity index is 327. The maximum Gasteiger partial charge on any atom is 0.150 e. The molecule has 84 valence electrons. The van der Waals surface area contributed by atoms with Crippen LogP contribution < -0.4 is 5.32 Å². The number of rotatable bonds is 3. The average molecular weight is 208 g/mol. The molecule has 2 rings (SSSR count). The van der Waals surface area contributed by atoms with Gasteiger partial charge in [0.25, 0.3) is 0 Å². The first-order valence-corrected chi connectivity index (χ1v) is 5.85. The summed E-state index contributed by atoms with van der Waals surface area (Å²) in [5.41, 5.74) is 0. The van der Waals surface area contributed by atoms with E-state index in [4.69, 9.17) is 0 Å². The lowest BCUT2D eigenvalue weighted by Gasteiger charge is -2.22. The van der Waals surface area contributed by atoms with Gasteiger partial charge in [0.15, 0.2) is 0 Å². The Balaban J connectivity index is 2.27. The summed E-state index contributed by atoms with van der Waals surface area (Å²) in [6.07, 6.45) is 3.38. The molecule has 15 heavy (non-hydrogen) atoms. The Morgan fingerprint density at radius 1 is 1.53 bits per heavy atom. The SMILES string of the molecule is CCC(NC)c1nnc2n1CCC(C)C2. The van der Waals surface area contributed by atoms with Gasteiger partial charge in [-0.15, -0.1) is 10.2 Å². The summed E-state index contributed by atoms with van der Waals surface area (Å²) < 4.78 is 2.30. The van der Waals surface area contributed by atoms with Crippen LogP contribution in [0.4, 0.5) is 0 Å². The molecule has 2 atom stereocenters. The monoisotopic (exact) mass is 208 g/mol. The van der Waals surface area contributed by atoms with E-state index < -0.39 is 0 Å². The van der Waals surface area contributed by atoms with Crippen molar-refractivity contribution in [2.45, 2.75) is 45.7 Å². The van der Waals surface area contributed by atoms with Crippen LogP contribution in [0.15, 0.2) is 0 Å². The molecule has 2 heterocycles. The summed E-state index contributed by atoms with van der Waals surface area (Å²) in [5.74, 6) is 3.03. The van der Waals surface area contributed by atoms with Crippen LogP contribution in [0.2, 0.25) is 0 Å². The van der Waals surface area contributed by atoms with Gasteiger partial charge in [0.1, 0.15) is 11.6 Å². The molecular formula is C11H20N4. The fraction of sp³-hybridized carbons (Fsp3) is 0.818. The molecule has 0 amide bonds. The molecule has 0 aliphatic carbocycles. The summed E-state index contributed by atoms with van der Waals surface area (Å²) in [4.78, 5) is 0. The molecule has 2 unspecified atom stereocenters. The molecular weight excluding hydrogens is 188 g/mol. The van der Waals surface area contributed by atoms with Crippen LogP contribution in [-0.2, 0) is 13.0 Å². The van der Waals surface area contributed by atoms with E-state index in [0.717, 1.165) is 37.0 Å². The van der Waals surface area contributed by atoms with E-state index in [1.807, 2.05) is 7.05 Å². The molecule has 0 spiro atoms. The lowest BCUT2D eigenvalue weighted by molar-refractivity contribution is 0.389. The molecule has 1 aliphatic rings. The standard InChI is InChI=1S/C11H20N4/c1-4-9(12-3)11-14-13-10-7-8(2)5-6-15(10)11/h8-9,12H,4-7H2,1-3H3. The van der Waals surface area contributed by atoms with E-state index in [1.54, 1.807) is 0 Å². The van der Waals surface area contributed by atoms with Gasteiger partial charge in [-0.05, 0) is 25.8 Å². The van der Waals surface area contributed by atoms with E-state index >= 15 is 0 Å². The highest BCUT2D eigenvalue weighted by molar-refractivity contribution is 5.04. The van der Waals surface area contributed by atoms with Gasteiger partial charge in [-0.3, -0.25) is 0 Å². The van der Waals surface area contributed by atoms with Crippen LogP contribution in [0.3, 0.4) is 0 Å². The van der Waals surface area contributed by atoms with Crippen LogP contribution in [0, 0.1) is 5.92 Å². The van der Waals surface area contributed by atoms with Gasteiger partial charge in [-0.2, -0.15) is 0 Å². The Morgan fingerprint density at radius 3 is 3.00 bits per heavy atom. The van der Waals surface area contributed by atoms with E-state index in [0.29, 0.717) is 6.04 Å². The minimum Gasteiger partial charge on any atom is -0.314 e. The van der Waals surface area contributed by atoms with Gasteiger partial charge in [-0.1, -0.05) is 13.8 Å². The van der Waals surface area contributed by atoms with Crippen LogP contribution in [0.5, 0.6) is 0 Å². The zero-order valence-corrected chi connectivity index (χ0v) is 9.82. The van der Waals surface area contributed by atoms with Gasteiger partial charge in [0.2, 0.25) is 0 Å². The van der Waals surface area contributed by atoms with Crippen molar-refractivity contribution >= 4 is 0 Å². The normalized spacial score (nSPS) is 22.5. The third-order valence-corrected chi connectivity index (χ3v) is 3.30. The first-order valence-electron chi connectivity index (χ1n) is 5.85. The van der Waals surface area contributed by atoms with Gasteiger partial charge in [-0.25, -0.2) is 0 Å². The van der Waals surface area contributed by atoms with E-state index in [-0.39, 0.29) is 0 Å². The van der Waals surface area contributed by atoms with Crippen molar-refractivity contribution in [2.24, 2.45) is 5.92 Å². The number of hydrogen-bond acceptors (Lipinski definition) is 3. The lowest BCUT2D eigenvalue weighted by Crippen LogP contribution is -2.24. The number of fused-ring (bicyclic) bond motifs is 1. The summed E-state index contributed by atoms with van der Waals surface area (Å²) in [6, 6.07) is 0.347. The largest absolute Gasteiger partial charge is 0.314 e. The Kier molecular flexibility index (Phi) is 3.05. The highest BCUT2D eigenvalue weighted by Gasteiger charge is 2.23. The van der Waals surface area contributed by atoms with Crippen molar-refractivity contribution in [3.8, 4) is 0 Å². The van der Waals surface area contributed by atoms with Gasteiger partial charge in [0.05, 0.1) is 6.04 Å². The molecule has 0 saturated carbocycles. The fourth-order valence-electron chi connectivity index (χ4n) is 2.28. The first kappa shape index (κ1) is 10.6. The zero-order chi connectivity index (χ0) is 10.8. The summed E-state index contributed by atoms with van der Waals surface area (Å²) >= 11 is 0. The minimum atomic E-state index is 0.347. The highest BCUT2D eigenvalue weighted by atomic mass is 15.3. The summed E-state index contributed by atoms with van der Waals surface area (Å²) in [7, 11) is 1.99. The Morgan fingerprint density at radius 2 is 2.33 bits per heavy atom. The molecule has 0 aromatic carbocycles. The number of nitrogens with zero attached hydrogens (tertiary/aromatic N) is 3. The number of hydrogen-bond donors (Lipinski definition) is 1. The highest BCUT2D eigenvalue weighted by Crippen LogP contribution is 2.23. The van der Waals surface area contributed by atoms with Crippen molar-refractivity contribution in [1.82, 2.24) is 20.1 Å². The van der Waals surface area contributed by atoms with Crippen LogP contribution in [0.25, 0.3) is 0 Å². The van der Waals surface area contributed by atoms with Crippen molar-refractivity contribution in [3.05, 3.63) is 11.6 Å². The fourth-order valence-corrected chi connectivity index (χ4v) is 2.28. The Labute approximate surface area is 91.1 Å². The van der Waals surface area contributed by atoms with E-state index in [2.05, 4.69) is 33.9 Å². The maximum absolute atomic E-state index is 4.32. The first-order chi connectivity index (χ1) is 7.26. The average Bonchev–Trinajstić information content (AvgIpc) is 2.63. The minimum absolute atomic E-state index is 0.347. The van der Waals surface area contributed by atoms with Crippen LogP contribution in [-0.4, -0.2) is 21.8 Å². The quantitative estimate of drug-likeness (QED) is 0.819. The van der Waals surface area contributed by atoms with Crippen molar-refractivity contribution in [1.29, 1.82) is 0 Å². The summed E-state index contributed by atoms with van der Waals surface area (Å²) in [6.45, 7) is 5.54. The lowest BCUT2D eigenvalue weighted by atomic mass is 10.00. The van der Waals surface area contributed by atoms with Crippen molar-refractivity contribution in [2.75, 3.05) is 7.05 Å². The zero-order valence-electron chi connectivity index (χ0n) is 9.82. The van der Waals surface area contributed by atoms with Crippen LogP contribution in [0.1, 0.15) is 44.4 Å². The predicted molar refractivity (Wildman–Crippen MR) is 59.6 cm³/mol. The molecule has 4 nitrogen and oxygen atoms in total. The predicted octanol–water partition coefficient (Wildman–Crippen LogP) is 1.53. The molecule has 1 N–H and O–H groups in total. The second-order valence-corrected chi connectivity index (χ2v) is 4.47. The third kappa shape index (κ3) is 1.91. The molecule has 1 aromatic rings. The molecule has 1 aromatic heterocycles. The van der Waals surface area contributed by atoms with E-state index in [1.165, 1.54) is 6.42 Å². The number of aromatic nitrogens is 3.